The minimum Gasteiger partial charge on any atom is -0.496 e. The molecule has 0 saturated carbocycles. The van der Waals surface area contributed by atoms with Gasteiger partial charge < -0.3 is 4.74 Å². The van der Waals surface area contributed by atoms with Crippen LogP contribution >= 0.6 is 11.8 Å². The van der Waals surface area contributed by atoms with Gasteiger partial charge in [0.25, 0.3) is 11.2 Å². The first-order chi connectivity index (χ1) is 15.5. The highest BCUT2D eigenvalue weighted by Gasteiger charge is 2.16. The number of hydrogen-bond acceptors (Lipinski definition) is 7. The second-order valence-electron chi connectivity index (χ2n) is 6.75. The normalized spacial score (nSPS) is 10.6. The molecule has 1 aromatic heterocycles. The van der Waals surface area contributed by atoms with Crippen LogP contribution in [0.15, 0.2) is 76.7 Å². The number of non-ortho nitro benzene ring substituents is 1. The van der Waals surface area contributed by atoms with Gasteiger partial charge in [-0.1, -0.05) is 23.9 Å². The van der Waals surface area contributed by atoms with Crippen molar-refractivity contribution in [3.8, 4) is 17.5 Å². The van der Waals surface area contributed by atoms with Gasteiger partial charge in [-0.15, -0.1) is 0 Å². The molecule has 0 saturated heterocycles. The van der Waals surface area contributed by atoms with E-state index in [1.807, 2.05) is 0 Å². The molecule has 0 radical (unpaired) electrons. The minimum absolute atomic E-state index is 0.0441. The topological polar surface area (TPSA) is 111 Å². The Balaban J connectivity index is 1.82. The van der Waals surface area contributed by atoms with Crippen LogP contribution in [0.25, 0.3) is 16.6 Å². The second-order valence-corrected chi connectivity index (χ2v) is 7.70. The predicted molar refractivity (Wildman–Crippen MR) is 121 cm³/mol. The summed E-state index contributed by atoms with van der Waals surface area (Å²) in [5.41, 5.74) is 1.93. The van der Waals surface area contributed by atoms with Gasteiger partial charge in [-0.25, -0.2) is 4.98 Å². The quantitative estimate of drug-likeness (QED) is 0.187. The number of rotatable bonds is 6. The Morgan fingerprint density at radius 2 is 1.91 bits per heavy atom. The van der Waals surface area contributed by atoms with E-state index in [1.165, 1.54) is 35.6 Å². The summed E-state index contributed by atoms with van der Waals surface area (Å²) in [4.78, 5) is 28.7. The molecule has 0 fully saturated rings. The van der Waals surface area contributed by atoms with Crippen molar-refractivity contribution in [2.45, 2.75) is 10.9 Å². The van der Waals surface area contributed by atoms with Gasteiger partial charge in [0.15, 0.2) is 5.16 Å². The Kier molecular flexibility index (Phi) is 5.87. The number of nitrogens with zero attached hydrogens (tertiary/aromatic N) is 4. The molecule has 0 aliphatic carbocycles. The summed E-state index contributed by atoms with van der Waals surface area (Å²) in [6.45, 7) is 0. The second kappa shape index (κ2) is 8.91. The SMILES string of the molecule is COc1ccc([N+](=O)[O-])cc1CSc1nc2ccccc2c(=O)n1-c1ccc(C#N)cc1. The molecule has 0 aliphatic rings. The van der Waals surface area contributed by atoms with E-state index in [2.05, 4.69) is 11.1 Å². The van der Waals surface area contributed by atoms with Crippen LogP contribution in [0.1, 0.15) is 11.1 Å². The number of nitro benzene ring substituents is 1. The summed E-state index contributed by atoms with van der Waals surface area (Å²) in [7, 11) is 1.50. The number of aromatic nitrogens is 2. The van der Waals surface area contributed by atoms with Gasteiger partial charge in [0, 0.05) is 23.4 Å². The summed E-state index contributed by atoms with van der Waals surface area (Å²) >= 11 is 1.27. The summed E-state index contributed by atoms with van der Waals surface area (Å²) < 4.78 is 6.83. The molecule has 158 valence electrons. The van der Waals surface area contributed by atoms with Gasteiger partial charge >= 0.3 is 0 Å². The van der Waals surface area contributed by atoms with E-state index in [-0.39, 0.29) is 11.2 Å². The zero-order chi connectivity index (χ0) is 22.7. The fourth-order valence-electron chi connectivity index (χ4n) is 3.26. The fraction of sp³-hybridized carbons (Fsp3) is 0.0870. The van der Waals surface area contributed by atoms with E-state index in [1.54, 1.807) is 54.6 Å². The van der Waals surface area contributed by atoms with Gasteiger partial charge in [0.05, 0.1) is 40.3 Å². The number of nitro groups is 1. The van der Waals surface area contributed by atoms with E-state index in [0.29, 0.717) is 44.4 Å². The van der Waals surface area contributed by atoms with Crippen molar-refractivity contribution in [2.24, 2.45) is 0 Å². The molecule has 0 amide bonds. The third kappa shape index (κ3) is 4.04. The lowest BCUT2D eigenvalue weighted by Gasteiger charge is -2.14. The van der Waals surface area contributed by atoms with Crippen LogP contribution < -0.4 is 10.3 Å². The summed E-state index contributed by atoms with van der Waals surface area (Å²) in [6.07, 6.45) is 0. The molecule has 3 aromatic carbocycles. The largest absolute Gasteiger partial charge is 0.496 e. The number of para-hydroxylation sites is 1. The number of methoxy groups -OCH3 is 1. The Bertz CT molecular complexity index is 1430. The van der Waals surface area contributed by atoms with E-state index >= 15 is 0 Å². The molecule has 0 N–H and O–H groups in total. The average molecular weight is 444 g/mol. The fourth-order valence-corrected chi connectivity index (χ4v) is 4.25. The van der Waals surface area contributed by atoms with Crippen molar-refractivity contribution in [3.05, 3.63) is 98.3 Å². The van der Waals surface area contributed by atoms with Gasteiger partial charge in [-0.2, -0.15) is 5.26 Å². The van der Waals surface area contributed by atoms with E-state index < -0.39 is 4.92 Å². The lowest BCUT2D eigenvalue weighted by Crippen LogP contribution is -2.21. The molecule has 0 atom stereocenters. The van der Waals surface area contributed by atoms with Gasteiger partial charge in [-0.05, 0) is 42.5 Å². The molecule has 4 rings (SSSR count). The first kappa shape index (κ1) is 21.1. The highest BCUT2D eigenvalue weighted by Crippen LogP contribution is 2.31. The molecular weight excluding hydrogens is 428 g/mol. The molecule has 0 unspecified atom stereocenters. The first-order valence-corrected chi connectivity index (χ1v) is 10.5. The predicted octanol–water partition coefficient (Wildman–Crippen LogP) is 4.47. The van der Waals surface area contributed by atoms with Crippen molar-refractivity contribution >= 4 is 28.4 Å². The number of thioether (sulfide) groups is 1. The van der Waals surface area contributed by atoms with Gasteiger partial charge in [0.2, 0.25) is 0 Å². The molecule has 0 bridgehead atoms. The zero-order valence-electron chi connectivity index (χ0n) is 16.9. The Morgan fingerprint density at radius 1 is 1.16 bits per heavy atom. The Morgan fingerprint density at radius 3 is 2.59 bits per heavy atom. The van der Waals surface area contributed by atoms with E-state index in [0.717, 1.165) is 0 Å². The monoisotopic (exact) mass is 444 g/mol. The zero-order valence-corrected chi connectivity index (χ0v) is 17.7. The lowest BCUT2D eigenvalue weighted by molar-refractivity contribution is -0.384. The molecule has 9 heteroatoms. The minimum atomic E-state index is -0.464. The van der Waals surface area contributed by atoms with E-state index in [4.69, 9.17) is 10.00 Å². The number of nitriles is 1. The first-order valence-electron chi connectivity index (χ1n) is 9.48. The molecule has 1 heterocycles. The third-order valence-corrected chi connectivity index (χ3v) is 5.82. The van der Waals surface area contributed by atoms with Crippen LogP contribution in [-0.4, -0.2) is 21.6 Å². The molecule has 4 aromatic rings. The maximum absolute atomic E-state index is 13.3. The van der Waals surface area contributed by atoms with Gasteiger partial charge in [0.1, 0.15) is 5.75 Å². The van der Waals surface area contributed by atoms with Crippen LogP contribution in [0.2, 0.25) is 0 Å². The number of ether oxygens (including phenoxy) is 1. The smallest absolute Gasteiger partial charge is 0.270 e. The van der Waals surface area contributed by atoms with Crippen molar-refractivity contribution < 1.29 is 9.66 Å². The molecule has 32 heavy (non-hydrogen) atoms. The van der Waals surface area contributed by atoms with Crippen molar-refractivity contribution in [3.63, 3.8) is 0 Å². The van der Waals surface area contributed by atoms with Crippen LogP contribution in [0.3, 0.4) is 0 Å². The number of hydrogen-bond donors (Lipinski definition) is 0. The van der Waals surface area contributed by atoms with Crippen LogP contribution in [0, 0.1) is 21.4 Å². The molecule has 8 nitrogen and oxygen atoms in total. The number of fused-ring (bicyclic) bond motifs is 1. The van der Waals surface area contributed by atoms with Gasteiger partial charge in [-0.3, -0.25) is 19.5 Å². The Hall–Kier alpha value is -4.16. The van der Waals surface area contributed by atoms with Crippen LogP contribution in [0.4, 0.5) is 5.69 Å². The lowest BCUT2D eigenvalue weighted by atomic mass is 10.2. The maximum Gasteiger partial charge on any atom is 0.270 e. The van der Waals surface area contributed by atoms with E-state index in [9.17, 15) is 14.9 Å². The van der Waals surface area contributed by atoms with Crippen molar-refractivity contribution in [1.82, 2.24) is 9.55 Å². The average Bonchev–Trinajstić information content (AvgIpc) is 2.82. The maximum atomic E-state index is 13.3. The molecular formula is C23H16N4O4S. The summed E-state index contributed by atoms with van der Waals surface area (Å²) in [5, 5.41) is 21.2. The summed E-state index contributed by atoms with van der Waals surface area (Å²) in [6, 6.07) is 20.1. The van der Waals surface area contributed by atoms with Crippen LogP contribution in [0.5, 0.6) is 5.75 Å². The highest BCUT2D eigenvalue weighted by molar-refractivity contribution is 7.98. The van der Waals surface area contributed by atoms with Crippen molar-refractivity contribution in [1.29, 1.82) is 5.26 Å². The standard InChI is InChI=1S/C23H16N4O4S/c1-31-21-11-10-18(27(29)30)12-16(21)14-32-23-25-20-5-3-2-4-19(20)22(28)26(23)17-8-6-15(13-24)7-9-17/h2-12H,14H2,1H3. The highest BCUT2D eigenvalue weighted by atomic mass is 32.2. The third-order valence-electron chi connectivity index (χ3n) is 4.83. The van der Waals surface area contributed by atoms with Crippen LogP contribution in [-0.2, 0) is 5.75 Å². The summed E-state index contributed by atoms with van der Waals surface area (Å²) in [5.74, 6) is 0.808. The molecule has 0 aliphatic heterocycles. The van der Waals surface area contributed by atoms with Crippen molar-refractivity contribution in [2.75, 3.05) is 7.11 Å². The number of benzene rings is 3. The Labute approximate surface area is 186 Å². The molecule has 0 spiro atoms.